The fourth-order valence-corrected chi connectivity index (χ4v) is 3.57. The van der Waals surface area contributed by atoms with E-state index in [-0.39, 0.29) is 0 Å². The van der Waals surface area contributed by atoms with Gasteiger partial charge in [0, 0.05) is 31.9 Å². The average molecular weight is 438 g/mol. The smallest absolute Gasteiger partial charge is 0.230 e. The van der Waals surface area contributed by atoms with Crippen molar-refractivity contribution in [3.63, 3.8) is 0 Å². The Morgan fingerprint density at radius 2 is 1.65 bits per heavy atom. The van der Waals surface area contributed by atoms with Crippen molar-refractivity contribution < 1.29 is 0 Å². The molecule has 0 bridgehead atoms. The molecule has 0 unspecified atom stereocenters. The molecule has 162 valence electrons. The Balaban J connectivity index is 1.43. The Kier molecular flexibility index (Phi) is 6.53. The van der Waals surface area contributed by atoms with Crippen molar-refractivity contribution in [3.8, 4) is 0 Å². The lowest BCUT2D eigenvalue weighted by Crippen LogP contribution is -2.44. The number of nitrogens with one attached hydrogen (secondary N) is 2. The van der Waals surface area contributed by atoms with Crippen LogP contribution in [0.2, 0.25) is 5.02 Å². The average Bonchev–Trinajstić information content (AvgIpc) is 2.78. The molecule has 0 saturated carbocycles. The first-order valence-corrected chi connectivity index (χ1v) is 10.9. The molecule has 0 radical (unpaired) electrons. The summed E-state index contributed by atoms with van der Waals surface area (Å²) in [4.78, 5) is 18.0. The van der Waals surface area contributed by atoms with Gasteiger partial charge in [0.1, 0.15) is 10.8 Å². The van der Waals surface area contributed by atoms with Crippen LogP contribution in [0.1, 0.15) is 25.3 Å². The summed E-state index contributed by atoms with van der Waals surface area (Å²) in [7, 11) is 2.15. The van der Waals surface area contributed by atoms with Crippen LogP contribution < -0.4 is 15.5 Å². The molecule has 0 atom stereocenters. The molecular weight excluding hydrogens is 410 g/mol. The number of anilines is 5. The van der Waals surface area contributed by atoms with E-state index in [2.05, 4.69) is 74.5 Å². The van der Waals surface area contributed by atoms with Crippen LogP contribution in [0.15, 0.2) is 48.8 Å². The lowest BCUT2D eigenvalue weighted by Gasteiger charge is -2.33. The van der Waals surface area contributed by atoms with Crippen molar-refractivity contribution in [2.75, 3.05) is 48.8 Å². The number of halogens is 1. The maximum Gasteiger partial charge on any atom is 0.230 e. The van der Waals surface area contributed by atoms with Crippen LogP contribution in [0.4, 0.5) is 29.0 Å². The number of piperazine rings is 1. The molecule has 1 aliphatic rings. The summed E-state index contributed by atoms with van der Waals surface area (Å²) in [5.74, 6) is 2.16. The molecule has 1 fully saturated rings. The van der Waals surface area contributed by atoms with E-state index in [1.807, 2.05) is 24.4 Å². The van der Waals surface area contributed by atoms with E-state index in [0.29, 0.717) is 28.5 Å². The molecule has 3 aromatic rings. The van der Waals surface area contributed by atoms with Gasteiger partial charge in [-0.05, 0) is 42.8 Å². The largest absolute Gasteiger partial charge is 0.368 e. The first-order chi connectivity index (χ1) is 15.0. The first kappa shape index (κ1) is 21.3. The second kappa shape index (κ2) is 9.49. The standard InChI is InChI=1S/C23H28ClN7/c1-16(2)17-4-6-18(7-5-17)27-22-20(24)15-26-23(29-22)28-21-9-8-19(14-25-21)31-12-10-30(3)11-13-31/h4-9,14-16H,10-13H2,1-3H3,(H2,25,26,27,28,29). The zero-order chi connectivity index (χ0) is 21.8. The SMILES string of the molecule is CC(C)c1ccc(Nc2nc(Nc3ccc(N4CCN(C)CC4)cn3)ncc2Cl)cc1. The first-order valence-electron chi connectivity index (χ1n) is 10.5. The molecular formula is C23H28ClN7. The van der Waals surface area contributed by atoms with E-state index in [0.717, 1.165) is 37.6 Å². The minimum Gasteiger partial charge on any atom is -0.368 e. The maximum atomic E-state index is 6.31. The van der Waals surface area contributed by atoms with E-state index in [1.165, 1.54) is 5.56 Å². The van der Waals surface area contributed by atoms with Crippen LogP contribution in [-0.2, 0) is 0 Å². The van der Waals surface area contributed by atoms with E-state index < -0.39 is 0 Å². The van der Waals surface area contributed by atoms with Crippen molar-refractivity contribution >= 4 is 40.6 Å². The van der Waals surface area contributed by atoms with Crippen LogP contribution >= 0.6 is 11.6 Å². The molecule has 1 aromatic carbocycles. The molecule has 0 amide bonds. The molecule has 7 nitrogen and oxygen atoms in total. The number of pyridine rings is 1. The van der Waals surface area contributed by atoms with Crippen LogP contribution in [0.25, 0.3) is 0 Å². The Morgan fingerprint density at radius 1 is 0.903 bits per heavy atom. The van der Waals surface area contributed by atoms with Crippen molar-refractivity contribution in [3.05, 3.63) is 59.4 Å². The Morgan fingerprint density at radius 3 is 2.29 bits per heavy atom. The van der Waals surface area contributed by atoms with Gasteiger partial charge in [-0.2, -0.15) is 4.98 Å². The van der Waals surface area contributed by atoms with Crippen molar-refractivity contribution in [1.82, 2.24) is 19.9 Å². The molecule has 8 heteroatoms. The molecule has 31 heavy (non-hydrogen) atoms. The van der Waals surface area contributed by atoms with E-state index in [9.17, 15) is 0 Å². The van der Waals surface area contributed by atoms with Gasteiger partial charge in [0.15, 0.2) is 5.82 Å². The second-order valence-electron chi connectivity index (χ2n) is 8.11. The normalized spacial score (nSPS) is 14.7. The Hall–Kier alpha value is -2.90. The molecule has 1 saturated heterocycles. The van der Waals surface area contributed by atoms with Gasteiger partial charge >= 0.3 is 0 Å². The minimum atomic E-state index is 0.436. The quantitative estimate of drug-likeness (QED) is 0.569. The Bertz CT molecular complexity index is 997. The molecule has 0 spiro atoms. The van der Waals surface area contributed by atoms with Gasteiger partial charge in [0.25, 0.3) is 0 Å². The predicted molar refractivity (Wildman–Crippen MR) is 128 cm³/mol. The number of likely N-dealkylation sites (N-methyl/N-ethyl adjacent to an activating group) is 1. The van der Waals surface area contributed by atoms with Crippen LogP contribution in [0, 0.1) is 0 Å². The van der Waals surface area contributed by atoms with Gasteiger partial charge < -0.3 is 20.4 Å². The van der Waals surface area contributed by atoms with E-state index >= 15 is 0 Å². The van der Waals surface area contributed by atoms with Gasteiger partial charge in [-0.1, -0.05) is 37.6 Å². The van der Waals surface area contributed by atoms with Crippen molar-refractivity contribution in [2.45, 2.75) is 19.8 Å². The minimum absolute atomic E-state index is 0.436. The molecule has 4 rings (SSSR count). The number of benzene rings is 1. The molecule has 2 aromatic heterocycles. The third-order valence-electron chi connectivity index (χ3n) is 5.44. The monoisotopic (exact) mass is 437 g/mol. The van der Waals surface area contributed by atoms with Gasteiger partial charge in [-0.15, -0.1) is 0 Å². The summed E-state index contributed by atoms with van der Waals surface area (Å²) < 4.78 is 0. The fourth-order valence-electron chi connectivity index (χ4n) is 3.43. The number of nitrogens with zero attached hydrogens (tertiary/aromatic N) is 5. The Labute approximate surface area is 188 Å². The predicted octanol–water partition coefficient (Wildman–Crippen LogP) is 4.89. The third-order valence-corrected chi connectivity index (χ3v) is 5.72. The van der Waals surface area contributed by atoms with Gasteiger partial charge in [-0.3, -0.25) is 0 Å². The second-order valence-corrected chi connectivity index (χ2v) is 8.52. The lowest BCUT2D eigenvalue weighted by molar-refractivity contribution is 0.313. The number of hydrogen-bond donors (Lipinski definition) is 2. The zero-order valence-electron chi connectivity index (χ0n) is 18.1. The summed E-state index contributed by atoms with van der Waals surface area (Å²) in [5.41, 5.74) is 3.33. The summed E-state index contributed by atoms with van der Waals surface area (Å²) in [6.07, 6.45) is 3.47. The van der Waals surface area contributed by atoms with Crippen LogP contribution in [-0.4, -0.2) is 53.1 Å². The fraction of sp³-hybridized carbons (Fsp3) is 0.348. The molecule has 1 aliphatic heterocycles. The summed E-state index contributed by atoms with van der Waals surface area (Å²) in [5, 5.41) is 6.88. The number of rotatable bonds is 6. The highest BCUT2D eigenvalue weighted by molar-refractivity contribution is 6.32. The topological polar surface area (TPSA) is 69.2 Å². The van der Waals surface area contributed by atoms with Crippen LogP contribution in [0.5, 0.6) is 0 Å². The number of aromatic nitrogens is 3. The maximum absolute atomic E-state index is 6.31. The van der Waals surface area contributed by atoms with E-state index in [1.54, 1.807) is 6.20 Å². The van der Waals surface area contributed by atoms with Gasteiger partial charge in [0.05, 0.1) is 18.1 Å². The molecule has 3 heterocycles. The highest BCUT2D eigenvalue weighted by Gasteiger charge is 2.14. The van der Waals surface area contributed by atoms with Crippen molar-refractivity contribution in [1.29, 1.82) is 0 Å². The van der Waals surface area contributed by atoms with Gasteiger partial charge in [-0.25, -0.2) is 9.97 Å². The highest BCUT2D eigenvalue weighted by atomic mass is 35.5. The summed E-state index contributed by atoms with van der Waals surface area (Å²) >= 11 is 6.31. The lowest BCUT2D eigenvalue weighted by atomic mass is 10.0. The third kappa shape index (κ3) is 5.42. The summed E-state index contributed by atoms with van der Waals surface area (Å²) in [6.45, 7) is 8.50. The summed E-state index contributed by atoms with van der Waals surface area (Å²) in [6, 6.07) is 12.3. The van der Waals surface area contributed by atoms with Gasteiger partial charge in [0.2, 0.25) is 5.95 Å². The number of hydrogen-bond acceptors (Lipinski definition) is 7. The zero-order valence-corrected chi connectivity index (χ0v) is 18.9. The molecule has 0 aliphatic carbocycles. The van der Waals surface area contributed by atoms with Crippen molar-refractivity contribution in [2.24, 2.45) is 0 Å². The van der Waals surface area contributed by atoms with E-state index in [4.69, 9.17) is 11.6 Å². The van der Waals surface area contributed by atoms with Crippen LogP contribution in [0.3, 0.4) is 0 Å². The highest BCUT2D eigenvalue weighted by Crippen LogP contribution is 2.26. The molecule has 2 N–H and O–H groups in total.